The fraction of sp³-hybridized carbons (Fsp3) is 0.263. The summed E-state index contributed by atoms with van der Waals surface area (Å²) in [4.78, 5) is 43.5. The second kappa shape index (κ2) is 8.83. The quantitative estimate of drug-likeness (QED) is 0.399. The SMILES string of the molecule is CC(C)Cn1c(N)c(C(=O)CSc2nccn2-c2ccc(Br)cc2)c(=O)[nH]c1=O. The summed E-state index contributed by atoms with van der Waals surface area (Å²) in [5, 5.41) is 0.603. The first-order valence-corrected chi connectivity index (χ1v) is 10.6. The Balaban J connectivity index is 1.84. The van der Waals surface area contributed by atoms with E-state index < -0.39 is 17.0 Å². The predicted molar refractivity (Wildman–Crippen MR) is 117 cm³/mol. The van der Waals surface area contributed by atoms with Crippen molar-refractivity contribution >= 4 is 39.3 Å². The summed E-state index contributed by atoms with van der Waals surface area (Å²) in [5.74, 6) is -0.483. The van der Waals surface area contributed by atoms with Crippen molar-refractivity contribution in [1.82, 2.24) is 19.1 Å². The molecular weight excluding hydrogens is 458 g/mol. The van der Waals surface area contributed by atoms with Crippen LogP contribution in [0.1, 0.15) is 24.2 Å². The van der Waals surface area contributed by atoms with Gasteiger partial charge in [0.15, 0.2) is 10.9 Å². The lowest BCUT2D eigenvalue weighted by Gasteiger charge is -2.14. The Morgan fingerprint density at radius 2 is 1.97 bits per heavy atom. The van der Waals surface area contributed by atoms with E-state index in [4.69, 9.17) is 5.73 Å². The van der Waals surface area contributed by atoms with E-state index in [2.05, 4.69) is 25.9 Å². The summed E-state index contributed by atoms with van der Waals surface area (Å²) in [6, 6.07) is 7.66. The zero-order valence-corrected chi connectivity index (χ0v) is 18.3. The summed E-state index contributed by atoms with van der Waals surface area (Å²) in [6.07, 6.45) is 3.43. The zero-order valence-electron chi connectivity index (χ0n) is 15.9. The van der Waals surface area contributed by atoms with E-state index in [0.29, 0.717) is 11.7 Å². The number of rotatable bonds is 7. The van der Waals surface area contributed by atoms with Crippen LogP contribution in [-0.2, 0) is 6.54 Å². The second-order valence-electron chi connectivity index (χ2n) is 6.79. The van der Waals surface area contributed by atoms with E-state index in [1.165, 1.54) is 16.3 Å². The Hall–Kier alpha value is -2.59. The maximum atomic E-state index is 12.7. The number of aromatic amines is 1. The van der Waals surface area contributed by atoms with Gasteiger partial charge in [-0.25, -0.2) is 9.78 Å². The number of nitrogens with zero attached hydrogens (tertiary/aromatic N) is 3. The van der Waals surface area contributed by atoms with Gasteiger partial charge in [0.1, 0.15) is 11.4 Å². The molecule has 0 radical (unpaired) electrons. The second-order valence-corrected chi connectivity index (χ2v) is 8.65. The van der Waals surface area contributed by atoms with E-state index in [0.717, 1.165) is 10.2 Å². The molecule has 29 heavy (non-hydrogen) atoms. The molecule has 0 atom stereocenters. The maximum absolute atomic E-state index is 12.7. The summed E-state index contributed by atoms with van der Waals surface area (Å²) >= 11 is 4.59. The smallest absolute Gasteiger partial charge is 0.329 e. The molecule has 8 nitrogen and oxygen atoms in total. The van der Waals surface area contributed by atoms with E-state index in [-0.39, 0.29) is 23.1 Å². The number of imidazole rings is 1. The van der Waals surface area contributed by atoms with Gasteiger partial charge in [0, 0.05) is 29.1 Å². The van der Waals surface area contributed by atoms with Crippen LogP contribution in [0.25, 0.3) is 5.69 Å². The van der Waals surface area contributed by atoms with Crippen LogP contribution in [0.5, 0.6) is 0 Å². The number of hydrogen-bond acceptors (Lipinski definition) is 6. The normalized spacial score (nSPS) is 11.2. The maximum Gasteiger partial charge on any atom is 0.329 e. The first kappa shape index (κ1) is 21.1. The number of benzene rings is 1. The molecule has 0 aliphatic rings. The molecule has 0 saturated carbocycles. The first-order chi connectivity index (χ1) is 13.8. The number of Topliss-reactive ketones (excluding diaryl/α,β-unsaturated/α-hetero) is 1. The van der Waals surface area contributed by atoms with Gasteiger partial charge in [-0.05, 0) is 30.2 Å². The number of hydrogen-bond donors (Lipinski definition) is 2. The van der Waals surface area contributed by atoms with Gasteiger partial charge in [-0.2, -0.15) is 0 Å². The highest BCUT2D eigenvalue weighted by atomic mass is 79.9. The van der Waals surface area contributed by atoms with Gasteiger partial charge >= 0.3 is 5.69 Å². The van der Waals surface area contributed by atoms with Crippen LogP contribution in [0.3, 0.4) is 0 Å². The molecule has 10 heteroatoms. The number of carbonyl (C=O) groups excluding carboxylic acids is 1. The number of aromatic nitrogens is 4. The molecule has 3 N–H and O–H groups in total. The lowest BCUT2D eigenvalue weighted by Crippen LogP contribution is -2.37. The van der Waals surface area contributed by atoms with Crippen molar-refractivity contribution in [2.75, 3.05) is 11.5 Å². The van der Waals surface area contributed by atoms with Crippen molar-refractivity contribution in [2.45, 2.75) is 25.5 Å². The zero-order chi connectivity index (χ0) is 21.1. The van der Waals surface area contributed by atoms with Gasteiger partial charge in [0.25, 0.3) is 5.56 Å². The number of H-pyrrole nitrogens is 1. The lowest BCUT2D eigenvalue weighted by molar-refractivity contribution is 0.102. The number of ketones is 1. The predicted octanol–water partition coefficient (Wildman–Crippen LogP) is 2.70. The van der Waals surface area contributed by atoms with Crippen molar-refractivity contribution < 1.29 is 4.79 Å². The molecule has 2 heterocycles. The summed E-state index contributed by atoms with van der Waals surface area (Å²) in [5.41, 5.74) is 5.32. The fourth-order valence-corrected chi connectivity index (χ4v) is 3.91. The van der Waals surface area contributed by atoms with Crippen LogP contribution in [0, 0.1) is 5.92 Å². The van der Waals surface area contributed by atoms with Crippen LogP contribution >= 0.6 is 27.7 Å². The minimum Gasteiger partial charge on any atom is -0.384 e. The number of anilines is 1. The van der Waals surface area contributed by atoms with Crippen LogP contribution in [0.2, 0.25) is 0 Å². The van der Waals surface area contributed by atoms with Crippen molar-refractivity contribution in [1.29, 1.82) is 0 Å². The van der Waals surface area contributed by atoms with E-state index in [1.807, 2.05) is 42.7 Å². The van der Waals surface area contributed by atoms with Crippen molar-refractivity contribution in [3.8, 4) is 5.69 Å². The summed E-state index contributed by atoms with van der Waals surface area (Å²) in [6.45, 7) is 4.13. The Kier molecular flexibility index (Phi) is 6.43. The van der Waals surface area contributed by atoms with Gasteiger partial charge in [-0.1, -0.05) is 41.5 Å². The van der Waals surface area contributed by atoms with E-state index in [1.54, 1.807) is 12.4 Å². The van der Waals surface area contributed by atoms with Crippen LogP contribution < -0.4 is 17.0 Å². The molecule has 0 amide bonds. The van der Waals surface area contributed by atoms with Crippen LogP contribution in [-0.4, -0.2) is 30.6 Å². The molecule has 3 aromatic rings. The molecule has 0 fully saturated rings. The molecule has 3 rings (SSSR count). The van der Waals surface area contributed by atoms with Gasteiger partial charge < -0.3 is 5.73 Å². The Morgan fingerprint density at radius 3 is 2.62 bits per heavy atom. The molecular formula is C19H20BrN5O3S. The first-order valence-electron chi connectivity index (χ1n) is 8.85. The Labute approximate surface area is 179 Å². The minimum atomic E-state index is -0.769. The average Bonchev–Trinajstić information content (AvgIpc) is 3.12. The third kappa shape index (κ3) is 4.70. The van der Waals surface area contributed by atoms with Crippen LogP contribution in [0.4, 0.5) is 5.82 Å². The highest BCUT2D eigenvalue weighted by molar-refractivity contribution is 9.10. The number of nitrogen functional groups attached to an aromatic ring is 1. The number of halogens is 1. The number of thioether (sulfide) groups is 1. The largest absolute Gasteiger partial charge is 0.384 e. The monoisotopic (exact) mass is 477 g/mol. The van der Waals surface area contributed by atoms with Crippen molar-refractivity contribution in [3.05, 3.63) is 67.5 Å². The van der Waals surface area contributed by atoms with Crippen LogP contribution in [0.15, 0.2) is 55.9 Å². The molecule has 0 bridgehead atoms. The highest BCUT2D eigenvalue weighted by Gasteiger charge is 2.20. The third-order valence-corrected chi connectivity index (χ3v) is 5.61. The summed E-state index contributed by atoms with van der Waals surface area (Å²) < 4.78 is 4.03. The molecule has 0 aliphatic carbocycles. The van der Waals surface area contributed by atoms with Crippen molar-refractivity contribution in [2.24, 2.45) is 5.92 Å². The van der Waals surface area contributed by atoms with Gasteiger partial charge in [0.2, 0.25) is 0 Å². The topological polar surface area (TPSA) is 116 Å². The standard InChI is InChI=1S/C19H20BrN5O3S/c1-11(2)9-25-16(21)15(17(27)23-18(25)28)14(26)10-29-19-22-7-8-24(19)13-5-3-12(20)4-6-13/h3-8,11H,9-10,21H2,1-2H3,(H,23,27,28). The van der Waals surface area contributed by atoms with E-state index in [9.17, 15) is 14.4 Å². The molecule has 0 unspecified atom stereocenters. The highest BCUT2D eigenvalue weighted by Crippen LogP contribution is 2.23. The van der Waals surface area contributed by atoms with Gasteiger partial charge in [0.05, 0.1) is 5.75 Å². The van der Waals surface area contributed by atoms with E-state index >= 15 is 0 Å². The fourth-order valence-electron chi connectivity index (χ4n) is 2.80. The Bertz CT molecular complexity index is 1150. The van der Waals surface area contributed by atoms with Gasteiger partial charge in [-0.15, -0.1) is 0 Å². The number of nitrogens with one attached hydrogen (secondary N) is 1. The molecule has 0 spiro atoms. The average molecular weight is 478 g/mol. The molecule has 0 aliphatic heterocycles. The molecule has 152 valence electrons. The van der Waals surface area contributed by atoms with Crippen molar-refractivity contribution in [3.63, 3.8) is 0 Å². The number of nitrogens with two attached hydrogens (primary N) is 1. The summed E-state index contributed by atoms with van der Waals surface area (Å²) in [7, 11) is 0. The molecule has 0 saturated heterocycles. The number of carbonyl (C=O) groups is 1. The Morgan fingerprint density at radius 1 is 1.28 bits per heavy atom. The van der Waals surface area contributed by atoms with Gasteiger partial charge in [-0.3, -0.25) is 23.7 Å². The molecule has 2 aromatic heterocycles. The lowest BCUT2D eigenvalue weighted by atomic mass is 10.2. The third-order valence-electron chi connectivity index (χ3n) is 4.11. The molecule has 1 aromatic carbocycles. The minimum absolute atomic E-state index is 0.0410.